The number of allylic oxidation sites excluding steroid dienone is 1. The smallest absolute Gasteiger partial charge is 0.419 e. The Balaban J connectivity index is 1.72. The number of hydrogen-bond acceptors (Lipinski definition) is 4. The van der Waals surface area contributed by atoms with Gasteiger partial charge in [-0.05, 0) is 79.0 Å². The Morgan fingerprint density at radius 2 is 1.87 bits per heavy atom. The first-order valence-corrected chi connectivity index (χ1v) is 10.2. The highest BCUT2D eigenvalue weighted by atomic mass is 19.4. The van der Waals surface area contributed by atoms with Crippen LogP contribution in [0.2, 0.25) is 0 Å². The predicted octanol–water partition coefficient (Wildman–Crippen LogP) is 5.50. The van der Waals surface area contributed by atoms with Crippen LogP contribution >= 0.6 is 0 Å². The Morgan fingerprint density at radius 1 is 1.16 bits per heavy atom. The number of aryl methyl sites for hydroxylation is 1. The van der Waals surface area contributed by atoms with E-state index in [2.05, 4.69) is 4.98 Å². The van der Waals surface area contributed by atoms with Gasteiger partial charge < -0.3 is 15.6 Å². The minimum atomic E-state index is -4.55. The molecule has 1 aliphatic rings. The lowest BCUT2D eigenvalue weighted by molar-refractivity contribution is -0.138. The molecule has 0 bridgehead atoms. The van der Waals surface area contributed by atoms with Crippen molar-refractivity contribution >= 4 is 17.4 Å². The maximum atomic E-state index is 13.2. The number of anilines is 1. The number of ether oxygens (including phenoxy) is 1. The Morgan fingerprint density at radius 3 is 2.55 bits per heavy atom. The fourth-order valence-corrected chi connectivity index (χ4v) is 3.71. The Kier molecular flexibility index (Phi) is 7.20. The molecule has 0 aliphatic heterocycles. The number of aromatic nitrogens is 1. The first-order valence-electron chi connectivity index (χ1n) is 10.2. The summed E-state index contributed by atoms with van der Waals surface area (Å²) in [5, 5.41) is 8.71. The van der Waals surface area contributed by atoms with Crippen molar-refractivity contribution in [1.29, 1.82) is 0 Å². The van der Waals surface area contributed by atoms with Crippen LogP contribution in [0.3, 0.4) is 0 Å². The lowest BCUT2D eigenvalue weighted by Crippen LogP contribution is -2.13. The monoisotopic (exact) mass is 434 g/mol. The number of benzene rings is 1. The average Bonchev–Trinajstić information content (AvgIpc) is 2.73. The van der Waals surface area contributed by atoms with Crippen LogP contribution in [-0.4, -0.2) is 22.7 Å². The van der Waals surface area contributed by atoms with E-state index in [4.69, 9.17) is 15.6 Å². The molecule has 0 saturated heterocycles. The lowest BCUT2D eigenvalue weighted by atomic mass is 9.88. The number of rotatable bonds is 8. The zero-order valence-corrected chi connectivity index (χ0v) is 17.0. The molecule has 8 heteroatoms. The highest BCUT2D eigenvalue weighted by Crippen LogP contribution is 2.37. The molecular formula is C23H25F3N2O3. The normalized spacial score (nSPS) is 14.5. The molecular weight excluding hydrogens is 409 g/mol. The number of hydrogen-bond donors (Lipinski definition) is 2. The number of nitrogens with zero attached hydrogens (tertiary/aromatic N) is 1. The van der Waals surface area contributed by atoms with E-state index in [9.17, 15) is 18.0 Å². The summed E-state index contributed by atoms with van der Waals surface area (Å²) >= 11 is 0. The number of nitrogens with two attached hydrogens (primary N) is 1. The number of carboxylic acid groups (broad SMARTS) is 1. The van der Waals surface area contributed by atoms with Crippen LogP contribution < -0.4 is 10.5 Å². The van der Waals surface area contributed by atoms with Crippen LogP contribution in [0.15, 0.2) is 42.1 Å². The number of pyridine rings is 1. The van der Waals surface area contributed by atoms with Gasteiger partial charge in [-0.15, -0.1) is 0 Å². The first kappa shape index (κ1) is 22.7. The highest BCUT2D eigenvalue weighted by Gasteiger charge is 2.34. The molecule has 0 spiro atoms. The molecule has 5 nitrogen and oxygen atoms in total. The number of nitrogen functional groups attached to an aromatic ring is 1. The molecule has 31 heavy (non-hydrogen) atoms. The number of alkyl halides is 3. The number of halogens is 3. The summed E-state index contributed by atoms with van der Waals surface area (Å²) in [6.07, 6.45) is 1.51. The van der Waals surface area contributed by atoms with Crippen LogP contribution in [-0.2, 0) is 17.4 Å². The fourth-order valence-electron chi connectivity index (χ4n) is 3.71. The zero-order valence-electron chi connectivity index (χ0n) is 17.0. The van der Waals surface area contributed by atoms with E-state index in [1.807, 2.05) is 24.3 Å². The second kappa shape index (κ2) is 9.85. The number of carboxylic acids is 1. The predicted molar refractivity (Wildman–Crippen MR) is 112 cm³/mol. The largest absolute Gasteiger partial charge is 0.489 e. The van der Waals surface area contributed by atoms with Crippen LogP contribution in [0, 0.1) is 0 Å². The minimum Gasteiger partial charge on any atom is -0.489 e. The van der Waals surface area contributed by atoms with Crippen LogP contribution in [0.4, 0.5) is 19.0 Å². The Hall–Kier alpha value is -3.03. The third-order valence-corrected chi connectivity index (χ3v) is 5.35. The molecule has 2 aromatic rings. The van der Waals surface area contributed by atoms with E-state index in [-0.39, 0.29) is 6.42 Å². The van der Waals surface area contributed by atoms with Gasteiger partial charge in [0.15, 0.2) is 0 Å². The quantitative estimate of drug-likeness (QED) is 0.573. The summed E-state index contributed by atoms with van der Waals surface area (Å²) in [5.41, 5.74) is 7.79. The standard InChI is InChI=1S/C23H25F3N2O3/c24-23(25,26)20-12-17(13-28-22(20)27)19-6-2-1-5-16(19)14-31-18-10-8-15(9-11-18)4-3-7-21(29)30/h8-13H,1-7,14H2,(H2,27,28)(H,29,30). The maximum absolute atomic E-state index is 13.2. The second-order valence-electron chi connectivity index (χ2n) is 7.62. The summed E-state index contributed by atoms with van der Waals surface area (Å²) in [4.78, 5) is 14.4. The van der Waals surface area contributed by atoms with Crippen LogP contribution in [0.5, 0.6) is 5.75 Å². The van der Waals surface area contributed by atoms with E-state index >= 15 is 0 Å². The van der Waals surface area contributed by atoms with Crippen molar-refractivity contribution in [2.75, 3.05) is 12.3 Å². The van der Waals surface area contributed by atoms with Gasteiger partial charge in [0.2, 0.25) is 0 Å². The lowest BCUT2D eigenvalue weighted by Gasteiger charge is -2.22. The van der Waals surface area contributed by atoms with Crippen molar-refractivity contribution in [3.63, 3.8) is 0 Å². The summed E-state index contributed by atoms with van der Waals surface area (Å²) in [7, 11) is 0. The third kappa shape index (κ3) is 6.23. The van der Waals surface area contributed by atoms with Crippen LogP contribution in [0.1, 0.15) is 55.2 Å². The molecule has 0 unspecified atom stereocenters. The number of aliphatic carboxylic acids is 1. The molecule has 1 aliphatic carbocycles. The Bertz CT molecular complexity index is 954. The average molecular weight is 434 g/mol. The molecule has 3 rings (SSSR count). The van der Waals surface area contributed by atoms with Crippen molar-refractivity contribution in [2.24, 2.45) is 0 Å². The summed E-state index contributed by atoms with van der Waals surface area (Å²) < 4.78 is 45.6. The van der Waals surface area contributed by atoms with E-state index in [0.717, 1.165) is 42.0 Å². The molecule has 0 atom stereocenters. The SMILES string of the molecule is Nc1ncc(C2=C(COc3ccc(CCCC(=O)O)cc3)CCCC2)cc1C(F)(F)F. The zero-order chi connectivity index (χ0) is 22.4. The van der Waals surface area contributed by atoms with Crippen molar-refractivity contribution in [1.82, 2.24) is 4.98 Å². The molecule has 3 N–H and O–H groups in total. The first-order chi connectivity index (χ1) is 14.7. The molecule has 0 fully saturated rings. The molecule has 166 valence electrons. The van der Waals surface area contributed by atoms with E-state index in [0.29, 0.717) is 37.2 Å². The summed E-state index contributed by atoms with van der Waals surface area (Å²) in [6.45, 7) is 0.291. The summed E-state index contributed by atoms with van der Waals surface area (Å²) in [6, 6.07) is 8.52. The molecule has 1 aromatic heterocycles. The Labute approximate surface area is 178 Å². The highest BCUT2D eigenvalue weighted by molar-refractivity contribution is 5.71. The third-order valence-electron chi connectivity index (χ3n) is 5.35. The van der Waals surface area contributed by atoms with Crippen molar-refractivity contribution < 1.29 is 27.8 Å². The van der Waals surface area contributed by atoms with Crippen molar-refractivity contribution in [3.05, 3.63) is 58.8 Å². The van der Waals surface area contributed by atoms with E-state index in [1.54, 1.807) is 0 Å². The van der Waals surface area contributed by atoms with Gasteiger partial charge in [0.05, 0.1) is 5.56 Å². The van der Waals surface area contributed by atoms with Gasteiger partial charge in [0.1, 0.15) is 18.2 Å². The van der Waals surface area contributed by atoms with Crippen LogP contribution in [0.25, 0.3) is 5.57 Å². The fraction of sp³-hybridized carbons (Fsp3) is 0.391. The molecule has 0 radical (unpaired) electrons. The van der Waals surface area contributed by atoms with E-state index < -0.39 is 23.5 Å². The van der Waals surface area contributed by atoms with Crippen molar-refractivity contribution in [2.45, 2.75) is 51.1 Å². The van der Waals surface area contributed by atoms with Gasteiger partial charge in [-0.3, -0.25) is 4.79 Å². The topological polar surface area (TPSA) is 85.4 Å². The minimum absolute atomic E-state index is 0.130. The van der Waals surface area contributed by atoms with Gasteiger partial charge in [0.25, 0.3) is 0 Å². The van der Waals surface area contributed by atoms with Gasteiger partial charge >= 0.3 is 12.1 Å². The van der Waals surface area contributed by atoms with Gasteiger partial charge in [-0.1, -0.05) is 12.1 Å². The molecule has 1 aromatic carbocycles. The van der Waals surface area contributed by atoms with Gasteiger partial charge in [-0.25, -0.2) is 4.98 Å². The van der Waals surface area contributed by atoms with E-state index in [1.165, 1.54) is 6.20 Å². The maximum Gasteiger partial charge on any atom is 0.419 e. The second-order valence-corrected chi connectivity index (χ2v) is 7.62. The molecule has 0 saturated carbocycles. The molecule has 0 amide bonds. The molecule has 1 heterocycles. The summed E-state index contributed by atoms with van der Waals surface area (Å²) in [5.74, 6) is -0.671. The number of carbonyl (C=O) groups is 1. The van der Waals surface area contributed by atoms with Gasteiger partial charge in [-0.2, -0.15) is 13.2 Å². The van der Waals surface area contributed by atoms with Gasteiger partial charge in [0, 0.05) is 12.6 Å². The van der Waals surface area contributed by atoms with Crippen molar-refractivity contribution in [3.8, 4) is 5.75 Å².